The average molecular weight is 130 g/mol. The van der Waals surface area contributed by atoms with Crippen LogP contribution in [0.5, 0.6) is 0 Å². The van der Waals surface area contributed by atoms with E-state index >= 15 is 0 Å². The second-order valence-corrected chi connectivity index (χ2v) is 1.26. The van der Waals surface area contributed by atoms with Gasteiger partial charge in [0, 0.05) is 6.42 Å². The maximum absolute atomic E-state index is 4.91. The Morgan fingerprint density at radius 2 is 2.22 bits per heavy atom. The van der Waals surface area contributed by atoms with Crippen LogP contribution in [0.3, 0.4) is 0 Å². The normalized spacial score (nSPS) is 12.3. The number of amidine groups is 1. The average Bonchev–Trinajstić information content (AvgIpc) is 1.91. The minimum absolute atomic E-state index is 0.546. The van der Waals surface area contributed by atoms with Crippen LogP contribution in [0.15, 0.2) is 15.5 Å². The molecule has 0 aromatic heterocycles. The van der Waals surface area contributed by atoms with Gasteiger partial charge in [0.15, 0.2) is 0 Å². The quantitative estimate of drug-likeness (QED) is 0.154. The fourth-order valence-electron chi connectivity index (χ4n) is 0.286. The SMILES string of the molecule is CCC(=NN)NN=NN. The van der Waals surface area contributed by atoms with E-state index in [9.17, 15) is 0 Å². The molecule has 6 heteroatoms. The molecule has 9 heavy (non-hydrogen) atoms. The summed E-state index contributed by atoms with van der Waals surface area (Å²) in [6.07, 6.45) is 0.676. The van der Waals surface area contributed by atoms with E-state index in [4.69, 9.17) is 5.84 Å². The first-order chi connectivity index (χ1) is 4.35. The van der Waals surface area contributed by atoms with E-state index < -0.39 is 0 Å². The molecule has 6 nitrogen and oxygen atoms in total. The molecule has 0 aliphatic carbocycles. The lowest BCUT2D eigenvalue weighted by Crippen LogP contribution is -2.17. The number of nitrogens with two attached hydrogens (primary N) is 2. The van der Waals surface area contributed by atoms with Crippen molar-refractivity contribution in [3.63, 3.8) is 0 Å². The van der Waals surface area contributed by atoms with E-state index in [0.29, 0.717) is 12.3 Å². The molecule has 0 aliphatic heterocycles. The highest BCUT2D eigenvalue weighted by Gasteiger charge is 1.88. The Balaban J connectivity index is 3.58. The van der Waals surface area contributed by atoms with Gasteiger partial charge in [0.2, 0.25) is 0 Å². The molecule has 0 saturated heterocycles. The molecule has 0 aromatic rings. The Morgan fingerprint density at radius 1 is 1.56 bits per heavy atom. The molecule has 0 aliphatic rings. The van der Waals surface area contributed by atoms with Gasteiger partial charge in [-0.1, -0.05) is 17.4 Å². The third-order valence-corrected chi connectivity index (χ3v) is 0.728. The second-order valence-electron chi connectivity index (χ2n) is 1.26. The maximum atomic E-state index is 4.91. The Bertz CT molecular complexity index is 115. The van der Waals surface area contributed by atoms with Crippen LogP contribution in [-0.2, 0) is 0 Å². The van der Waals surface area contributed by atoms with Gasteiger partial charge in [-0.15, -0.1) is 0 Å². The molecule has 0 fully saturated rings. The lowest BCUT2D eigenvalue weighted by molar-refractivity contribution is 0.834. The minimum Gasteiger partial charge on any atom is -0.322 e. The van der Waals surface area contributed by atoms with Crippen molar-refractivity contribution in [2.24, 2.45) is 27.2 Å². The van der Waals surface area contributed by atoms with Gasteiger partial charge in [-0.3, -0.25) is 0 Å². The lowest BCUT2D eigenvalue weighted by Gasteiger charge is -1.95. The number of nitrogens with one attached hydrogen (secondary N) is 1. The highest BCUT2D eigenvalue weighted by atomic mass is 15.5. The summed E-state index contributed by atoms with van der Waals surface area (Å²) in [5.41, 5.74) is 2.43. The molecule has 0 bridgehead atoms. The molecule has 0 aromatic carbocycles. The molecule has 0 rings (SSSR count). The summed E-state index contributed by atoms with van der Waals surface area (Å²) in [5.74, 6) is 10.1. The first kappa shape index (κ1) is 7.67. The molecule has 0 unspecified atom stereocenters. The maximum Gasteiger partial charge on any atom is 0.143 e. The van der Waals surface area contributed by atoms with Gasteiger partial charge >= 0.3 is 0 Å². The Hall–Kier alpha value is -1.33. The van der Waals surface area contributed by atoms with Gasteiger partial charge in [0.1, 0.15) is 5.84 Å². The summed E-state index contributed by atoms with van der Waals surface area (Å²) < 4.78 is 0. The van der Waals surface area contributed by atoms with Crippen molar-refractivity contribution >= 4 is 5.84 Å². The van der Waals surface area contributed by atoms with Gasteiger partial charge in [-0.2, -0.15) is 5.10 Å². The summed E-state index contributed by atoms with van der Waals surface area (Å²) in [7, 11) is 0. The van der Waals surface area contributed by atoms with Gasteiger partial charge in [-0.05, 0) is 0 Å². The van der Waals surface area contributed by atoms with E-state index in [0.717, 1.165) is 0 Å². The van der Waals surface area contributed by atoms with Gasteiger partial charge in [-0.25, -0.2) is 5.43 Å². The smallest absolute Gasteiger partial charge is 0.143 e. The van der Waals surface area contributed by atoms with E-state index in [1.54, 1.807) is 0 Å². The van der Waals surface area contributed by atoms with E-state index in [2.05, 4.69) is 26.8 Å². The summed E-state index contributed by atoms with van der Waals surface area (Å²) in [5, 5.41) is 9.54. The third kappa shape index (κ3) is 3.27. The van der Waals surface area contributed by atoms with Crippen molar-refractivity contribution in [1.29, 1.82) is 0 Å². The topological polar surface area (TPSA) is 101 Å². The van der Waals surface area contributed by atoms with Crippen molar-refractivity contribution < 1.29 is 0 Å². The number of hydrazone groups is 1. The Labute approximate surface area is 53.0 Å². The third-order valence-electron chi connectivity index (χ3n) is 0.728. The predicted octanol–water partition coefficient (Wildman–Crippen LogP) is -0.501. The fraction of sp³-hybridized carbons (Fsp3) is 0.667. The number of nitrogens with zero attached hydrogens (tertiary/aromatic N) is 3. The van der Waals surface area contributed by atoms with Crippen LogP contribution in [-0.4, -0.2) is 5.84 Å². The summed E-state index contributed by atoms with van der Waals surface area (Å²) >= 11 is 0. The Kier molecular flexibility index (Phi) is 4.11. The van der Waals surface area contributed by atoms with Crippen molar-refractivity contribution in [2.75, 3.05) is 0 Å². The van der Waals surface area contributed by atoms with Crippen molar-refractivity contribution in [3.05, 3.63) is 0 Å². The molecular weight excluding hydrogens is 120 g/mol. The minimum atomic E-state index is 0.546. The van der Waals surface area contributed by atoms with Crippen molar-refractivity contribution in [2.45, 2.75) is 13.3 Å². The highest BCUT2D eigenvalue weighted by Crippen LogP contribution is 1.76. The molecule has 0 radical (unpaired) electrons. The van der Waals surface area contributed by atoms with E-state index in [-0.39, 0.29) is 0 Å². The van der Waals surface area contributed by atoms with E-state index in [1.807, 2.05) is 6.92 Å². The largest absolute Gasteiger partial charge is 0.322 e. The van der Waals surface area contributed by atoms with Crippen LogP contribution in [0.2, 0.25) is 0 Å². The van der Waals surface area contributed by atoms with Crippen LogP contribution < -0.4 is 17.1 Å². The number of hydrogen-bond acceptors (Lipinski definition) is 4. The molecule has 0 atom stereocenters. The standard InChI is InChI=1S/C3H10N6/c1-2-3(6-4)7-9-8-5/h2,4H2,1H3,(H2,5,9)(H,6,7,8). The predicted molar refractivity (Wildman–Crippen MR) is 34.1 cm³/mol. The van der Waals surface area contributed by atoms with Crippen LogP contribution in [0.25, 0.3) is 0 Å². The summed E-state index contributed by atoms with van der Waals surface area (Å²) in [6, 6.07) is 0. The highest BCUT2D eigenvalue weighted by molar-refractivity contribution is 5.80. The van der Waals surface area contributed by atoms with Crippen LogP contribution >= 0.6 is 0 Å². The van der Waals surface area contributed by atoms with Crippen LogP contribution in [0.4, 0.5) is 0 Å². The zero-order chi connectivity index (χ0) is 7.11. The summed E-state index contributed by atoms with van der Waals surface area (Å²) in [4.78, 5) is 0. The Morgan fingerprint density at radius 3 is 2.56 bits per heavy atom. The molecule has 0 heterocycles. The first-order valence-corrected chi connectivity index (χ1v) is 2.47. The van der Waals surface area contributed by atoms with Crippen LogP contribution in [0.1, 0.15) is 13.3 Å². The monoisotopic (exact) mass is 130 g/mol. The first-order valence-electron chi connectivity index (χ1n) is 2.47. The fourth-order valence-corrected chi connectivity index (χ4v) is 0.286. The van der Waals surface area contributed by atoms with Crippen molar-refractivity contribution in [1.82, 2.24) is 5.43 Å². The number of hydrogen-bond donors (Lipinski definition) is 3. The number of rotatable bonds is 2. The van der Waals surface area contributed by atoms with Gasteiger partial charge < -0.3 is 11.7 Å². The van der Waals surface area contributed by atoms with E-state index in [1.165, 1.54) is 0 Å². The summed E-state index contributed by atoms with van der Waals surface area (Å²) in [6.45, 7) is 1.88. The molecule has 0 saturated carbocycles. The molecule has 0 amide bonds. The molecule has 5 N–H and O–H groups in total. The zero-order valence-electron chi connectivity index (χ0n) is 5.20. The van der Waals surface area contributed by atoms with Crippen molar-refractivity contribution in [3.8, 4) is 0 Å². The molecule has 0 spiro atoms. The van der Waals surface area contributed by atoms with Gasteiger partial charge in [0.25, 0.3) is 0 Å². The zero-order valence-corrected chi connectivity index (χ0v) is 5.20. The van der Waals surface area contributed by atoms with Gasteiger partial charge in [0.05, 0.1) is 0 Å². The second kappa shape index (κ2) is 4.82. The molecule has 52 valence electrons. The lowest BCUT2D eigenvalue weighted by atomic mass is 10.5. The van der Waals surface area contributed by atoms with Crippen LogP contribution in [0, 0.1) is 0 Å². The molecular formula is C3H10N6.